The van der Waals surface area contributed by atoms with Gasteiger partial charge in [-0.25, -0.2) is 0 Å². The zero-order valence-corrected chi connectivity index (χ0v) is 9.02. The average molecular weight is 374 g/mol. The van der Waals surface area contributed by atoms with Crippen molar-refractivity contribution >= 4 is 151 Å². The van der Waals surface area contributed by atoms with Crippen LogP contribution in [0.2, 0.25) is 0 Å². The monoisotopic (exact) mass is 374 g/mol. The van der Waals surface area contributed by atoms with Crippen molar-refractivity contribution in [2.45, 2.75) is 12.8 Å². The molecule has 20 heavy (non-hydrogen) atoms. The molecule has 0 atom stereocenters. The maximum atomic E-state index is 10.5. The summed E-state index contributed by atoms with van der Waals surface area (Å²) >= 11 is 0. The summed E-state index contributed by atoms with van der Waals surface area (Å²) in [5.41, 5.74) is 0. The van der Waals surface area contributed by atoms with Crippen molar-refractivity contribution in [2.24, 2.45) is 0 Å². The van der Waals surface area contributed by atoms with Crippen LogP contribution in [0.15, 0.2) is 0 Å². The van der Waals surface area contributed by atoms with Crippen LogP contribution in [0.3, 0.4) is 0 Å². The molecule has 10 nitrogen and oxygen atoms in total. The number of hydrogen-bond acceptors (Lipinski definition) is 8. The number of carbonyl (C=O) groups excluding carboxylic acids is 2. The molecule has 0 aromatic carbocycles. The quantitative estimate of drug-likeness (QED) is 0.357. The van der Waals surface area contributed by atoms with E-state index in [0.717, 1.165) is 0 Å². The Balaban J connectivity index is -0.000000187. The third kappa shape index (κ3) is 25.7. The minimum atomic E-state index is -4.98. The van der Waals surface area contributed by atoms with Crippen LogP contribution >= 0.6 is 0 Å². The van der Waals surface area contributed by atoms with Crippen LogP contribution in [-0.4, -0.2) is 156 Å². The summed E-state index contributed by atoms with van der Waals surface area (Å²) in [5.74, 6) is -2.98. The van der Waals surface area contributed by atoms with E-state index in [4.69, 9.17) is 9.11 Å². The summed E-state index contributed by atoms with van der Waals surface area (Å²) in [4.78, 5) is 21.1. The molecule has 0 radical (unpaired) electrons. The average Bonchev–Trinajstić information content (AvgIpc) is 1.94. The van der Waals surface area contributed by atoms with E-state index in [1.165, 1.54) is 0 Å². The molecule has 0 aliphatic rings. The second-order valence-corrected chi connectivity index (χ2v) is 4.31. The number of rotatable bonds is 5. The van der Waals surface area contributed by atoms with Crippen LogP contribution in [0, 0.1) is 0 Å². The van der Waals surface area contributed by atoms with Crippen molar-refractivity contribution in [3.8, 4) is 0 Å². The van der Waals surface area contributed by atoms with E-state index in [9.17, 15) is 26.4 Å². The molecule has 16 heteroatoms. The van der Waals surface area contributed by atoms with Crippen LogP contribution in [0.25, 0.3) is 0 Å². The summed E-state index contributed by atoms with van der Waals surface area (Å²) < 4.78 is 62.7. The first-order valence-corrected chi connectivity index (χ1v) is 6.12. The van der Waals surface area contributed by atoms with Crippen molar-refractivity contribution in [2.75, 3.05) is 0 Å². The van der Waals surface area contributed by atoms with Crippen molar-refractivity contribution in [3.63, 3.8) is 0 Å². The Hall–Kier alpha value is 2.76. The molecular formula is C4H10Na4O10S2. The molecule has 0 unspecified atom stereocenters. The van der Waals surface area contributed by atoms with Crippen molar-refractivity contribution in [3.05, 3.63) is 0 Å². The van der Waals surface area contributed by atoms with Gasteiger partial charge in [-0.2, -0.15) is 16.8 Å². The Morgan fingerprint density at radius 2 is 0.900 bits per heavy atom. The predicted molar refractivity (Wildman–Crippen MR) is 73.1 cm³/mol. The molecule has 0 aliphatic heterocycles. The van der Waals surface area contributed by atoms with Crippen LogP contribution in [-0.2, 0) is 38.8 Å². The Kier molecular flexibility index (Phi) is 26.1. The topological polar surface area (TPSA) is 161 Å². The predicted octanol–water partition coefficient (Wildman–Crippen LogP) is -4.14. The van der Waals surface area contributed by atoms with E-state index in [1.807, 2.05) is 0 Å². The Morgan fingerprint density at radius 3 is 1.05 bits per heavy atom. The molecule has 0 aliphatic carbocycles. The van der Waals surface area contributed by atoms with Gasteiger partial charge in [-0.05, 0) is 0 Å². The van der Waals surface area contributed by atoms with Crippen molar-refractivity contribution in [1.82, 2.24) is 0 Å². The van der Waals surface area contributed by atoms with Gasteiger partial charge in [-0.3, -0.25) is 18.7 Å². The summed E-state index contributed by atoms with van der Waals surface area (Å²) in [7, 11) is -9.95. The van der Waals surface area contributed by atoms with Gasteiger partial charge < -0.3 is 8.37 Å². The van der Waals surface area contributed by atoms with E-state index in [1.54, 1.807) is 0 Å². The van der Waals surface area contributed by atoms with Gasteiger partial charge >= 0.3 is 151 Å². The SMILES string of the molecule is O=C(CCC(=O)OS(=O)(=O)O)OS(=O)(=O)O.[NaH].[NaH].[NaH].[NaH]. The molecule has 0 amide bonds. The summed E-state index contributed by atoms with van der Waals surface area (Å²) in [6.45, 7) is 0. The first-order valence-electron chi connectivity index (χ1n) is 3.39. The summed E-state index contributed by atoms with van der Waals surface area (Å²) in [6, 6.07) is 0. The number of carbonyl (C=O) groups is 2. The molecule has 0 saturated heterocycles. The Labute approximate surface area is 204 Å². The summed E-state index contributed by atoms with van der Waals surface area (Å²) in [6.07, 6.45) is -1.71. The first-order chi connectivity index (χ1) is 6.99. The Morgan fingerprint density at radius 1 is 0.700 bits per heavy atom. The first kappa shape index (κ1) is 34.2. The minimum absolute atomic E-state index is 0. The van der Waals surface area contributed by atoms with Gasteiger partial charge in [-0.15, -0.1) is 0 Å². The van der Waals surface area contributed by atoms with Gasteiger partial charge in [0.1, 0.15) is 0 Å². The fourth-order valence-electron chi connectivity index (χ4n) is 0.522. The van der Waals surface area contributed by atoms with Gasteiger partial charge in [-0.1, -0.05) is 0 Å². The van der Waals surface area contributed by atoms with Crippen LogP contribution in [0.1, 0.15) is 12.8 Å². The van der Waals surface area contributed by atoms with E-state index >= 15 is 0 Å². The third-order valence-electron chi connectivity index (χ3n) is 0.930. The maximum absolute atomic E-state index is 10.5. The van der Waals surface area contributed by atoms with E-state index in [2.05, 4.69) is 8.37 Å². The van der Waals surface area contributed by atoms with Crippen molar-refractivity contribution < 1.29 is 43.9 Å². The zero-order chi connectivity index (χ0) is 13.0. The molecule has 0 spiro atoms. The van der Waals surface area contributed by atoms with Gasteiger partial charge in [0.05, 0.1) is 12.8 Å². The van der Waals surface area contributed by atoms with Gasteiger partial charge in [0, 0.05) is 0 Å². The normalized spacial score (nSPS) is 9.50. The molecule has 0 saturated carbocycles. The molecule has 0 fully saturated rings. The van der Waals surface area contributed by atoms with E-state index in [-0.39, 0.29) is 118 Å². The molecule has 2 N–H and O–H groups in total. The molecule has 0 heterocycles. The second-order valence-electron chi connectivity index (χ2n) is 2.27. The molecule has 0 aromatic rings. The fraction of sp³-hybridized carbons (Fsp3) is 0.500. The van der Waals surface area contributed by atoms with Gasteiger partial charge in [0.25, 0.3) is 0 Å². The third-order valence-corrected chi connectivity index (χ3v) is 1.72. The molecular weight excluding hydrogens is 364 g/mol. The van der Waals surface area contributed by atoms with Gasteiger partial charge in [0.15, 0.2) is 0 Å². The zero-order valence-electron chi connectivity index (χ0n) is 7.39. The molecule has 102 valence electrons. The molecule has 0 rings (SSSR count). The van der Waals surface area contributed by atoms with Gasteiger partial charge in [0.2, 0.25) is 0 Å². The van der Waals surface area contributed by atoms with E-state index in [0.29, 0.717) is 0 Å². The standard InChI is InChI=1S/C4H6O10S2.4Na.4H/c5-3(13-15(7,8)9)1-2-4(6)14-16(10,11)12;;;;;;;;/h1-2H2,(H,7,8,9)(H,10,11,12);;;;;;;;. The molecule has 0 aromatic heterocycles. The second kappa shape index (κ2) is 15.3. The fourth-order valence-corrected chi connectivity index (χ4v) is 1.16. The van der Waals surface area contributed by atoms with Crippen molar-refractivity contribution in [1.29, 1.82) is 0 Å². The van der Waals surface area contributed by atoms with Crippen LogP contribution in [0.5, 0.6) is 0 Å². The Bertz CT molecular complexity index is 437. The van der Waals surface area contributed by atoms with E-state index < -0.39 is 45.6 Å². The molecule has 0 bridgehead atoms. The van der Waals surface area contributed by atoms with Crippen LogP contribution < -0.4 is 0 Å². The number of hydrogen-bond donors (Lipinski definition) is 2. The summed E-state index contributed by atoms with van der Waals surface area (Å²) in [5, 5.41) is 0. The van der Waals surface area contributed by atoms with Crippen LogP contribution in [0.4, 0.5) is 0 Å².